The number of nitrogens with one attached hydrogen (secondary N) is 1. The highest BCUT2D eigenvalue weighted by Crippen LogP contribution is 2.34. The summed E-state index contributed by atoms with van der Waals surface area (Å²) in [5, 5.41) is 22.4. The van der Waals surface area contributed by atoms with Crippen molar-refractivity contribution in [3.63, 3.8) is 0 Å². The number of benzene rings is 1. The van der Waals surface area contributed by atoms with Crippen LogP contribution in [0, 0.1) is 10.1 Å². The zero-order valence-corrected chi connectivity index (χ0v) is 9.75. The Labute approximate surface area is 102 Å². The second-order valence-corrected chi connectivity index (χ2v) is 3.86. The molecule has 0 spiro atoms. The Kier molecular flexibility index (Phi) is 4.79. The van der Waals surface area contributed by atoms with Gasteiger partial charge in [0, 0.05) is 25.3 Å². The molecule has 1 aromatic carbocycles. The second-order valence-electron chi connectivity index (χ2n) is 3.05. The van der Waals surface area contributed by atoms with Crippen molar-refractivity contribution in [3.8, 4) is 0 Å². The van der Waals surface area contributed by atoms with Crippen molar-refractivity contribution in [2.75, 3.05) is 18.5 Å². The van der Waals surface area contributed by atoms with Crippen molar-refractivity contribution in [1.82, 2.24) is 0 Å². The molecule has 2 N–H and O–H groups in total. The van der Waals surface area contributed by atoms with Gasteiger partial charge in [-0.25, -0.2) is 0 Å². The van der Waals surface area contributed by atoms with Crippen LogP contribution in [0.5, 0.6) is 0 Å². The molecule has 5 nitrogen and oxygen atoms in total. The van der Waals surface area contributed by atoms with Crippen LogP contribution in [0.25, 0.3) is 0 Å². The van der Waals surface area contributed by atoms with Gasteiger partial charge >= 0.3 is 0 Å². The molecule has 0 heterocycles. The minimum atomic E-state index is -0.560. The molecule has 0 amide bonds. The summed E-state index contributed by atoms with van der Waals surface area (Å²) >= 11 is 11.7. The standard InChI is InChI=1S/C9H10Cl2N2O3/c10-7-4-6(13(15)16)5-8(11)9(7)12-2-1-3-14/h4-5,12,14H,1-3H2. The van der Waals surface area contributed by atoms with E-state index in [2.05, 4.69) is 5.32 Å². The summed E-state index contributed by atoms with van der Waals surface area (Å²) in [6.45, 7) is 0.545. The largest absolute Gasteiger partial charge is 0.396 e. The number of halogens is 2. The highest BCUT2D eigenvalue weighted by molar-refractivity contribution is 6.39. The molecule has 0 aromatic heterocycles. The molecule has 0 atom stereocenters. The van der Waals surface area contributed by atoms with E-state index in [-0.39, 0.29) is 22.3 Å². The Bertz CT molecular complexity index is 375. The molecule has 0 aliphatic heterocycles. The van der Waals surface area contributed by atoms with Gasteiger partial charge in [0.15, 0.2) is 0 Å². The molecule has 16 heavy (non-hydrogen) atoms. The Balaban J connectivity index is 2.89. The van der Waals surface area contributed by atoms with Gasteiger partial charge in [-0.3, -0.25) is 10.1 Å². The first-order valence-corrected chi connectivity index (χ1v) is 5.30. The van der Waals surface area contributed by atoms with Crippen LogP contribution in [0.15, 0.2) is 12.1 Å². The van der Waals surface area contributed by atoms with E-state index >= 15 is 0 Å². The van der Waals surface area contributed by atoms with Crippen molar-refractivity contribution in [2.24, 2.45) is 0 Å². The van der Waals surface area contributed by atoms with Crippen molar-refractivity contribution in [1.29, 1.82) is 0 Å². The quantitative estimate of drug-likeness (QED) is 0.487. The van der Waals surface area contributed by atoms with Crippen LogP contribution in [0.3, 0.4) is 0 Å². The zero-order valence-electron chi connectivity index (χ0n) is 8.24. The summed E-state index contributed by atoms with van der Waals surface area (Å²) in [6, 6.07) is 2.46. The second kappa shape index (κ2) is 5.89. The number of nitro benzene ring substituents is 1. The summed E-state index contributed by atoms with van der Waals surface area (Å²) < 4.78 is 0. The van der Waals surface area contributed by atoms with Crippen LogP contribution >= 0.6 is 23.2 Å². The summed E-state index contributed by atoms with van der Waals surface area (Å²) in [7, 11) is 0. The van der Waals surface area contributed by atoms with E-state index in [4.69, 9.17) is 28.3 Å². The van der Waals surface area contributed by atoms with Crippen molar-refractivity contribution < 1.29 is 10.0 Å². The Morgan fingerprint density at radius 2 is 1.94 bits per heavy atom. The summed E-state index contributed by atoms with van der Waals surface area (Å²) in [6.07, 6.45) is 0.545. The van der Waals surface area contributed by atoms with Crippen LogP contribution in [0.1, 0.15) is 6.42 Å². The topological polar surface area (TPSA) is 75.4 Å². The lowest BCUT2D eigenvalue weighted by Crippen LogP contribution is -2.04. The first-order chi connectivity index (χ1) is 7.56. The fraction of sp³-hybridized carbons (Fsp3) is 0.333. The zero-order chi connectivity index (χ0) is 12.1. The van der Waals surface area contributed by atoms with E-state index in [9.17, 15) is 10.1 Å². The molecule has 7 heteroatoms. The lowest BCUT2D eigenvalue weighted by molar-refractivity contribution is -0.384. The van der Waals surface area contributed by atoms with Crippen LogP contribution < -0.4 is 5.32 Å². The van der Waals surface area contributed by atoms with E-state index < -0.39 is 4.92 Å². The van der Waals surface area contributed by atoms with E-state index in [1.165, 1.54) is 12.1 Å². The Morgan fingerprint density at radius 1 is 1.38 bits per heavy atom. The highest BCUT2D eigenvalue weighted by atomic mass is 35.5. The smallest absolute Gasteiger partial charge is 0.272 e. The highest BCUT2D eigenvalue weighted by Gasteiger charge is 2.13. The maximum absolute atomic E-state index is 10.5. The number of hydrogen-bond donors (Lipinski definition) is 2. The molecule has 0 bridgehead atoms. The van der Waals surface area contributed by atoms with Gasteiger partial charge in [-0.2, -0.15) is 0 Å². The average Bonchev–Trinajstić information content (AvgIpc) is 2.21. The van der Waals surface area contributed by atoms with Gasteiger partial charge in [-0.05, 0) is 6.42 Å². The van der Waals surface area contributed by atoms with Gasteiger partial charge in [0.05, 0.1) is 20.7 Å². The molecule has 0 unspecified atom stereocenters. The number of rotatable bonds is 5. The molecule has 0 fully saturated rings. The first-order valence-electron chi connectivity index (χ1n) is 4.54. The molecular weight excluding hydrogens is 255 g/mol. The molecule has 88 valence electrons. The predicted molar refractivity (Wildman–Crippen MR) is 63.3 cm³/mol. The molecular formula is C9H10Cl2N2O3. The molecule has 1 rings (SSSR count). The van der Waals surface area contributed by atoms with Crippen molar-refractivity contribution in [2.45, 2.75) is 6.42 Å². The number of nitrogens with zero attached hydrogens (tertiary/aromatic N) is 1. The summed E-state index contributed by atoms with van der Waals surface area (Å²) in [4.78, 5) is 9.95. The lowest BCUT2D eigenvalue weighted by atomic mass is 10.2. The van der Waals surface area contributed by atoms with Crippen molar-refractivity contribution >= 4 is 34.6 Å². The number of aliphatic hydroxyl groups excluding tert-OH is 1. The fourth-order valence-corrected chi connectivity index (χ4v) is 1.74. The monoisotopic (exact) mass is 264 g/mol. The van der Waals surface area contributed by atoms with Gasteiger partial charge in [-0.15, -0.1) is 0 Å². The minimum Gasteiger partial charge on any atom is -0.396 e. The predicted octanol–water partition coefficient (Wildman–Crippen LogP) is 2.70. The third kappa shape index (κ3) is 3.23. The summed E-state index contributed by atoms with van der Waals surface area (Å²) in [5.74, 6) is 0. The van der Waals surface area contributed by atoms with E-state index in [1.54, 1.807) is 0 Å². The van der Waals surface area contributed by atoms with Gasteiger partial charge in [-0.1, -0.05) is 23.2 Å². The van der Waals surface area contributed by atoms with E-state index in [0.717, 1.165) is 0 Å². The van der Waals surface area contributed by atoms with Crippen LogP contribution in [0.4, 0.5) is 11.4 Å². The SMILES string of the molecule is O=[N+]([O-])c1cc(Cl)c(NCCCO)c(Cl)c1. The normalized spacial score (nSPS) is 10.2. The average molecular weight is 265 g/mol. The molecule has 0 saturated heterocycles. The molecule has 0 aliphatic rings. The Hall–Kier alpha value is -1.04. The minimum absolute atomic E-state index is 0.0508. The number of nitro groups is 1. The molecule has 0 aliphatic carbocycles. The van der Waals surface area contributed by atoms with E-state index in [0.29, 0.717) is 18.7 Å². The number of anilines is 1. The van der Waals surface area contributed by atoms with Gasteiger partial charge in [0.1, 0.15) is 0 Å². The third-order valence-electron chi connectivity index (χ3n) is 1.87. The lowest BCUT2D eigenvalue weighted by Gasteiger charge is -2.09. The van der Waals surface area contributed by atoms with E-state index in [1.807, 2.05) is 0 Å². The first kappa shape index (κ1) is 13.0. The molecule has 0 saturated carbocycles. The van der Waals surface area contributed by atoms with Crippen molar-refractivity contribution in [3.05, 3.63) is 32.3 Å². The number of hydrogen-bond acceptors (Lipinski definition) is 4. The fourth-order valence-electron chi connectivity index (χ4n) is 1.13. The number of non-ortho nitro benzene ring substituents is 1. The third-order valence-corrected chi connectivity index (χ3v) is 2.47. The van der Waals surface area contributed by atoms with Crippen LogP contribution in [0.2, 0.25) is 10.0 Å². The van der Waals surface area contributed by atoms with Crippen LogP contribution in [-0.2, 0) is 0 Å². The Morgan fingerprint density at radius 3 is 2.38 bits per heavy atom. The molecule has 1 aromatic rings. The maximum atomic E-state index is 10.5. The van der Waals surface area contributed by atoms with Crippen LogP contribution in [-0.4, -0.2) is 23.2 Å². The number of aliphatic hydroxyl groups is 1. The van der Waals surface area contributed by atoms with Gasteiger partial charge < -0.3 is 10.4 Å². The maximum Gasteiger partial charge on any atom is 0.272 e. The van der Waals surface area contributed by atoms with Gasteiger partial charge in [0.2, 0.25) is 0 Å². The molecule has 0 radical (unpaired) electrons. The van der Waals surface area contributed by atoms with Gasteiger partial charge in [0.25, 0.3) is 5.69 Å². The summed E-state index contributed by atoms with van der Waals surface area (Å²) in [5.41, 5.74) is 0.296.